The van der Waals surface area contributed by atoms with Crippen molar-refractivity contribution in [3.05, 3.63) is 65.7 Å². The van der Waals surface area contributed by atoms with E-state index in [2.05, 4.69) is 10.6 Å². The number of carbonyl (C=O) groups excluding carboxylic acids is 3. The number of carbonyl (C=O) groups is 3. The predicted molar refractivity (Wildman–Crippen MR) is 129 cm³/mol. The van der Waals surface area contributed by atoms with Gasteiger partial charge in [0, 0.05) is 12.6 Å². The van der Waals surface area contributed by atoms with E-state index in [1.165, 1.54) is 17.0 Å². The summed E-state index contributed by atoms with van der Waals surface area (Å²) in [6.07, 6.45) is 0.545. The van der Waals surface area contributed by atoms with Crippen LogP contribution < -0.4 is 10.6 Å². The first-order chi connectivity index (χ1) is 16.6. The Morgan fingerprint density at radius 1 is 1.06 bits per heavy atom. The molecule has 2 aromatic carbocycles. The number of aliphatic hydroxyl groups is 1. The molecule has 0 aliphatic heterocycles. The normalized spacial score (nSPS) is 15.0. The van der Waals surface area contributed by atoms with Crippen molar-refractivity contribution >= 4 is 17.9 Å². The first-order valence-electron chi connectivity index (χ1n) is 11.6. The molecule has 0 spiro atoms. The molecule has 1 saturated carbocycles. The van der Waals surface area contributed by atoms with Crippen LogP contribution in [-0.2, 0) is 20.9 Å². The van der Waals surface area contributed by atoms with Crippen LogP contribution in [-0.4, -0.2) is 57.3 Å². The molecule has 0 saturated heterocycles. The number of phenolic OH excluding ortho intramolecular Hbond substituents is 1. The van der Waals surface area contributed by atoms with Crippen molar-refractivity contribution in [2.75, 3.05) is 6.61 Å². The van der Waals surface area contributed by atoms with Crippen LogP contribution >= 0.6 is 0 Å². The van der Waals surface area contributed by atoms with E-state index in [0.717, 1.165) is 5.56 Å². The standard InChI is InChI=1S/C26H33N3O6/c1-26(2,3)35-25(34)28-21(16-30)24(33)29(19-11-12-19)22(18-9-13-20(31)14-10-18)23(32)27-15-17-7-5-4-6-8-17/h4-10,13-14,19,21-22,30-31H,11-12,15-16H2,1-3H3,(H,27,32)(H,28,34). The van der Waals surface area contributed by atoms with E-state index in [0.29, 0.717) is 18.4 Å². The number of nitrogens with zero attached hydrogens (tertiary/aromatic N) is 1. The van der Waals surface area contributed by atoms with Gasteiger partial charge in [-0.2, -0.15) is 0 Å². The molecule has 9 heteroatoms. The van der Waals surface area contributed by atoms with E-state index < -0.39 is 42.2 Å². The monoisotopic (exact) mass is 483 g/mol. The molecule has 2 unspecified atom stereocenters. The minimum absolute atomic E-state index is 0.0290. The lowest BCUT2D eigenvalue weighted by molar-refractivity contribution is -0.144. The summed E-state index contributed by atoms with van der Waals surface area (Å²) in [7, 11) is 0. The van der Waals surface area contributed by atoms with Gasteiger partial charge in [0.15, 0.2) is 0 Å². The van der Waals surface area contributed by atoms with Crippen molar-refractivity contribution < 1.29 is 29.3 Å². The molecule has 0 aromatic heterocycles. The maximum atomic E-state index is 13.6. The van der Waals surface area contributed by atoms with Gasteiger partial charge in [-0.15, -0.1) is 0 Å². The van der Waals surface area contributed by atoms with Gasteiger partial charge in [-0.3, -0.25) is 9.59 Å². The van der Waals surface area contributed by atoms with E-state index in [-0.39, 0.29) is 18.3 Å². The topological polar surface area (TPSA) is 128 Å². The molecule has 0 radical (unpaired) electrons. The molecule has 1 fully saturated rings. The second-order valence-electron chi connectivity index (χ2n) is 9.56. The van der Waals surface area contributed by atoms with Gasteiger partial charge in [0.1, 0.15) is 23.4 Å². The molecule has 35 heavy (non-hydrogen) atoms. The second kappa shape index (κ2) is 11.2. The van der Waals surface area contributed by atoms with Crippen molar-refractivity contribution in [2.45, 2.75) is 63.9 Å². The summed E-state index contributed by atoms with van der Waals surface area (Å²) in [4.78, 5) is 40.8. The number of amides is 3. The average molecular weight is 484 g/mol. The van der Waals surface area contributed by atoms with Crippen LogP contribution in [0, 0.1) is 0 Å². The highest BCUT2D eigenvalue weighted by atomic mass is 16.6. The lowest BCUT2D eigenvalue weighted by Crippen LogP contribution is -2.55. The minimum Gasteiger partial charge on any atom is -0.508 e. The third-order valence-corrected chi connectivity index (χ3v) is 5.41. The number of phenols is 1. The van der Waals surface area contributed by atoms with Gasteiger partial charge < -0.3 is 30.5 Å². The van der Waals surface area contributed by atoms with Crippen molar-refractivity contribution in [3.63, 3.8) is 0 Å². The lowest BCUT2D eigenvalue weighted by atomic mass is 10.0. The van der Waals surface area contributed by atoms with Gasteiger partial charge in [-0.25, -0.2) is 4.79 Å². The Morgan fingerprint density at radius 3 is 2.23 bits per heavy atom. The van der Waals surface area contributed by atoms with E-state index >= 15 is 0 Å². The quantitative estimate of drug-likeness (QED) is 0.434. The smallest absolute Gasteiger partial charge is 0.408 e. The Labute approximate surface area is 205 Å². The Hall–Kier alpha value is -3.59. The van der Waals surface area contributed by atoms with Crippen molar-refractivity contribution in [2.24, 2.45) is 0 Å². The number of benzene rings is 2. The van der Waals surface area contributed by atoms with Gasteiger partial charge in [0.05, 0.1) is 6.61 Å². The molecule has 0 heterocycles. The van der Waals surface area contributed by atoms with Gasteiger partial charge in [0.2, 0.25) is 11.8 Å². The van der Waals surface area contributed by atoms with Crippen LogP contribution in [0.15, 0.2) is 54.6 Å². The fourth-order valence-electron chi connectivity index (χ4n) is 3.66. The summed E-state index contributed by atoms with van der Waals surface area (Å²) in [5.74, 6) is -0.969. The maximum Gasteiger partial charge on any atom is 0.408 e. The van der Waals surface area contributed by atoms with Crippen LogP contribution in [0.3, 0.4) is 0 Å². The largest absolute Gasteiger partial charge is 0.508 e. The predicted octanol–water partition coefficient (Wildman–Crippen LogP) is 2.63. The molecule has 1 aliphatic rings. The summed E-state index contributed by atoms with van der Waals surface area (Å²) >= 11 is 0. The number of aromatic hydroxyl groups is 1. The second-order valence-corrected chi connectivity index (χ2v) is 9.56. The van der Waals surface area contributed by atoms with Crippen LogP contribution in [0.2, 0.25) is 0 Å². The van der Waals surface area contributed by atoms with E-state index in [4.69, 9.17) is 4.74 Å². The average Bonchev–Trinajstić information content (AvgIpc) is 3.64. The number of aliphatic hydroxyl groups excluding tert-OH is 1. The highest BCUT2D eigenvalue weighted by Crippen LogP contribution is 2.36. The van der Waals surface area contributed by atoms with Gasteiger partial charge in [-0.05, 0) is 56.9 Å². The minimum atomic E-state index is -1.29. The fourth-order valence-corrected chi connectivity index (χ4v) is 3.66. The Bertz CT molecular complexity index is 1020. The summed E-state index contributed by atoms with van der Waals surface area (Å²) in [6.45, 7) is 4.68. The number of ether oxygens (including phenoxy) is 1. The summed E-state index contributed by atoms with van der Waals surface area (Å²) in [5, 5.41) is 25.0. The van der Waals surface area contributed by atoms with E-state index in [9.17, 15) is 24.6 Å². The van der Waals surface area contributed by atoms with Gasteiger partial charge in [0.25, 0.3) is 0 Å². The molecule has 1 aliphatic carbocycles. The highest BCUT2D eigenvalue weighted by Gasteiger charge is 2.44. The SMILES string of the molecule is CC(C)(C)OC(=O)NC(CO)C(=O)N(C1CC1)C(C(=O)NCc1ccccc1)c1ccc(O)cc1. The van der Waals surface area contributed by atoms with Crippen LogP contribution in [0.4, 0.5) is 4.79 Å². The number of rotatable bonds is 9. The summed E-state index contributed by atoms with van der Waals surface area (Å²) in [5.41, 5.74) is 0.617. The lowest BCUT2D eigenvalue weighted by Gasteiger charge is -2.34. The molecular weight excluding hydrogens is 450 g/mol. The molecule has 0 bridgehead atoms. The van der Waals surface area contributed by atoms with Gasteiger partial charge in [-0.1, -0.05) is 42.5 Å². The molecule has 188 valence electrons. The van der Waals surface area contributed by atoms with Crippen LogP contribution in [0.1, 0.15) is 50.8 Å². The third-order valence-electron chi connectivity index (χ3n) is 5.41. The first kappa shape index (κ1) is 26.0. The van der Waals surface area contributed by atoms with Crippen molar-refractivity contribution in [1.82, 2.24) is 15.5 Å². The fraction of sp³-hybridized carbons (Fsp3) is 0.423. The zero-order valence-electron chi connectivity index (χ0n) is 20.2. The zero-order valence-corrected chi connectivity index (χ0v) is 20.2. The number of alkyl carbamates (subject to hydrolysis) is 1. The van der Waals surface area contributed by atoms with Gasteiger partial charge >= 0.3 is 6.09 Å². The molecule has 2 aromatic rings. The Morgan fingerprint density at radius 2 is 1.69 bits per heavy atom. The van der Waals surface area contributed by atoms with Crippen LogP contribution in [0.25, 0.3) is 0 Å². The first-order valence-corrected chi connectivity index (χ1v) is 11.6. The maximum absolute atomic E-state index is 13.6. The molecule has 3 rings (SSSR count). The summed E-state index contributed by atoms with van der Waals surface area (Å²) in [6, 6.07) is 12.9. The molecule has 3 amide bonds. The Balaban J connectivity index is 1.87. The van der Waals surface area contributed by atoms with Crippen molar-refractivity contribution in [1.29, 1.82) is 0 Å². The van der Waals surface area contributed by atoms with Crippen molar-refractivity contribution in [3.8, 4) is 5.75 Å². The van der Waals surface area contributed by atoms with Crippen LogP contribution in [0.5, 0.6) is 5.75 Å². The number of hydrogen-bond acceptors (Lipinski definition) is 6. The molecule has 2 atom stereocenters. The van der Waals surface area contributed by atoms with E-state index in [1.54, 1.807) is 32.9 Å². The Kier molecular flexibility index (Phi) is 8.34. The highest BCUT2D eigenvalue weighted by molar-refractivity contribution is 5.92. The zero-order chi connectivity index (χ0) is 25.6. The molecular formula is C26H33N3O6. The summed E-state index contributed by atoms with van der Waals surface area (Å²) < 4.78 is 5.23. The molecule has 4 N–H and O–H groups in total. The molecule has 9 nitrogen and oxygen atoms in total. The number of hydrogen-bond donors (Lipinski definition) is 4. The third kappa shape index (κ3) is 7.45. The van der Waals surface area contributed by atoms with E-state index in [1.807, 2.05) is 30.3 Å². The number of nitrogens with one attached hydrogen (secondary N) is 2.